The molecule has 0 atom stereocenters. The Morgan fingerprint density at radius 3 is 2.66 bits per heavy atom. The molecule has 0 saturated carbocycles. The maximum Gasteiger partial charge on any atom is 0.418 e. The number of rotatable bonds is 6. The number of carboxylic acids is 1. The van der Waals surface area contributed by atoms with Gasteiger partial charge in [-0.05, 0) is 49.2 Å². The van der Waals surface area contributed by atoms with Gasteiger partial charge in [-0.3, -0.25) is 0 Å². The molecule has 0 saturated heterocycles. The van der Waals surface area contributed by atoms with Crippen molar-refractivity contribution in [3.8, 4) is 17.5 Å². The largest absolute Gasteiger partial charge is 0.478 e. The fourth-order valence-electron chi connectivity index (χ4n) is 4.17. The SMILES string of the molecule is CCCc1cc2c(C(F)(F)F)c(C#N)ccc2n1Cc1noc(-c2c(Cl)ccc(C(=O)O)c2C)n1. The van der Waals surface area contributed by atoms with E-state index >= 15 is 0 Å². The first kappa shape index (κ1) is 24.3. The summed E-state index contributed by atoms with van der Waals surface area (Å²) in [6.07, 6.45) is -3.54. The zero-order valence-electron chi connectivity index (χ0n) is 18.6. The van der Waals surface area contributed by atoms with E-state index in [2.05, 4.69) is 10.1 Å². The van der Waals surface area contributed by atoms with Crippen LogP contribution < -0.4 is 0 Å². The van der Waals surface area contributed by atoms with Crippen molar-refractivity contribution in [3.05, 3.63) is 69.1 Å². The molecule has 0 bridgehead atoms. The topological polar surface area (TPSA) is 105 Å². The Balaban J connectivity index is 1.82. The van der Waals surface area contributed by atoms with E-state index < -0.39 is 23.3 Å². The number of aromatic carboxylic acids is 1. The van der Waals surface area contributed by atoms with Crippen LogP contribution in [-0.2, 0) is 19.1 Å². The van der Waals surface area contributed by atoms with Crippen molar-refractivity contribution in [1.29, 1.82) is 5.26 Å². The first-order valence-corrected chi connectivity index (χ1v) is 10.9. The summed E-state index contributed by atoms with van der Waals surface area (Å²) in [5.74, 6) is -0.966. The lowest BCUT2D eigenvalue weighted by molar-refractivity contribution is -0.136. The predicted octanol–water partition coefficient (Wildman–Crippen LogP) is 6.24. The molecule has 4 aromatic rings. The van der Waals surface area contributed by atoms with Gasteiger partial charge < -0.3 is 14.2 Å². The van der Waals surface area contributed by atoms with Gasteiger partial charge in [0.1, 0.15) is 0 Å². The average Bonchev–Trinajstić information content (AvgIpc) is 3.37. The summed E-state index contributed by atoms with van der Waals surface area (Å²) in [5, 5.41) is 22.7. The van der Waals surface area contributed by atoms with Crippen molar-refractivity contribution in [2.75, 3.05) is 0 Å². The molecule has 1 N–H and O–H groups in total. The molecule has 35 heavy (non-hydrogen) atoms. The monoisotopic (exact) mass is 502 g/mol. The second-order valence-electron chi connectivity index (χ2n) is 7.92. The second-order valence-corrected chi connectivity index (χ2v) is 8.33. The van der Waals surface area contributed by atoms with Crippen LogP contribution in [0, 0.1) is 18.3 Å². The van der Waals surface area contributed by atoms with E-state index in [-0.39, 0.29) is 45.3 Å². The van der Waals surface area contributed by atoms with Gasteiger partial charge in [-0.2, -0.15) is 23.4 Å². The second kappa shape index (κ2) is 9.07. The molecule has 0 radical (unpaired) electrons. The Morgan fingerprint density at radius 2 is 2.03 bits per heavy atom. The van der Waals surface area contributed by atoms with Gasteiger partial charge in [-0.15, -0.1) is 0 Å². The molecule has 11 heteroatoms. The van der Waals surface area contributed by atoms with Crippen LogP contribution in [0.4, 0.5) is 13.2 Å². The van der Waals surface area contributed by atoms with Crippen LogP contribution in [0.5, 0.6) is 0 Å². The van der Waals surface area contributed by atoms with Crippen LogP contribution in [0.1, 0.15) is 51.9 Å². The van der Waals surface area contributed by atoms with Crippen molar-refractivity contribution in [3.63, 3.8) is 0 Å². The number of carboxylic acid groups (broad SMARTS) is 1. The Morgan fingerprint density at radius 1 is 1.29 bits per heavy atom. The number of aryl methyl sites for hydroxylation is 1. The number of halogens is 4. The third kappa shape index (κ3) is 4.35. The summed E-state index contributed by atoms with van der Waals surface area (Å²) < 4.78 is 48.5. The summed E-state index contributed by atoms with van der Waals surface area (Å²) in [4.78, 5) is 15.8. The average molecular weight is 503 g/mol. The van der Waals surface area contributed by atoms with Crippen LogP contribution in [0.15, 0.2) is 34.9 Å². The van der Waals surface area contributed by atoms with E-state index in [0.717, 1.165) is 6.07 Å². The number of alkyl halides is 3. The van der Waals surface area contributed by atoms with E-state index in [1.807, 2.05) is 6.92 Å². The fraction of sp³-hybridized carbons (Fsp3) is 0.250. The predicted molar refractivity (Wildman–Crippen MR) is 121 cm³/mol. The molecule has 180 valence electrons. The highest BCUT2D eigenvalue weighted by molar-refractivity contribution is 6.33. The molecule has 0 aliphatic heterocycles. The molecule has 7 nitrogen and oxygen atoms in total. The first-order chi connectivity index (χ1) is 16.6. The van der Waals surface area contributed by atoms with Crippen LogP contribution in [0.3, 0.4) is 0 Å². The zero-order chi connectivity index (χ0) is 25.5. The van der Waals surface area contributed by atoms with Gasteiger partial charge in [0.2, 0.25) is 0 Å². The summed E-state index contributed by atoms with van der Waals surface area (Å²) in [5.41, 5.74) is 0.126. The number of benzene rings is 2. The summed E-state index contributed by atoms with van der Waals surface area (Å²) in [6.45, 7) is 3.47. The van der Waals surface area contributed by atoms with Crippen molar-refractivity contribution >= 4 is 28.5 Å². The lowest BCUT2D eigenvalue weighted by Crippen LogP contribution is -2.09. The standard InChI is InChI=1S/C24H18ClF3N4O3/c1-3-4-14-9-16-18(8-5-13(10-29)21(16)24(26,27)28)32(14)11-19-30-22(35-31-19)20-12(2)15(23(33)34)6-7-17(20)25/h5-9H,3-4,11H2,1-2H3,(H,33,34). The normalized spacial score (nSPS) is 11.7. The number of nitriles is 1. The molecular weight excluding hydrogens is 485 g/mol. The Bertz CT molecular complexity index is 1500. The van der Waals surface area contributed by atoms with E-state index in [4.69, 9.17) is 16.1 Å². The number of hydrogen-bond donors (Lipinski definition) is 1. The van der Waals surface area contributed by atoms with Crippen LogP contribution in [0.2, 0.25) is 5.02 Å². The quantitative estimate of drug-likeness (QED) is 0.334. The first-order valence-electron chi connectivity index (χ1n) is 10.5. The van der Waals surface area contributed by atoms with Gasteiger partial charge in [0.05, 0.1) is 39.9 Å². The third-order valence-corrected chi connectivity index (χ3v) is 6.02. The molecular formula is C24H18ClF3N4O3. The van der Waals surface area contributed by atoms with E-state index in [1.165, 1.54) is 24.3 Å². The summed E-state index contributed by atoms with van der Waals surface area (Å²) in [7, 11) is 0. The van der Waals surface area contributed by atoms with Crippen LogP contribution in [0.25, 0.3) is 22.4 Å². The minimum atomic E-state index is -4.71. The van der Waals surface area contributed by atoms with Crippen molar-refractivity contribution in [1.82, 2.24) is 14.7 Å². The van der Waals surface area contributed by atoms with Crippen LogP contribution >= 0.6 is 11.6 Å². The minimum absolute atomic E-state index is 0.000812. The maximum absolute atomic E-state index is 13.8. The number of carbonyl (C=O) groups is 1. The molecule has 0 aliphatic rings. The highest BCUT2D eigenvalue weighted by atomic mass is 35.5. The number of hydrogen-bond acceptors (Lipinski definition) is 5. The molecule has 0 aliphatic carbocycles. The maximum atomic E-state index is 13.8. The van der Waals surface area contributed by atoms with Crippen molar-refractivity contribution < 1.29 is 27.6 Å². The van der Waals surface area contributed by atoms with Gasteiger partial charge in [0, 0.05) is 16.6 Å². The van der Waals surface area contributed by atoms with Gasteiger partial charge in [0.15, 0.2) is 5.82 Å². The smallest absolute Gasteiger partial charge is 0.418 e. The fourth-order valence-corrected chi connectivity index (χ4v) is 4.46. The molecule has 2 heterocycles. The molecule has 0 amide bonds. The molecule has 2 aromatic heterocycles. The Kier molecular flexibility index (Phi) is 6.30. The highest BCUT2D eigenvalue weighted by Crippen LogP contribution is 2.39. The van der Waals surface area contributed by atoms with Gasteiger partial charge >= 0.3 is 12.1 Å². The Labute approximate surface area is 202 Å². The van der Waals surface area contributed by atoms with Crippen molar-refractivity contribution in [2.45, 2.75) is 39.4 Å². The lowest BCUT2D eigenvalue weighted by atomic mass is 10.0. The van der Waals surface area contributed by atoms with E-state index in [0.29, 0.717) is 24.1 Å². The van der Waals surface area contributed by atoms with Crippen molar-refractivity contribution in [2.24, 2.45) is 0 Å². The van der Waals surface area contributed by atoms with Crippen LogP contribution in [-0.4, -0.2) is 25.8 Å². The highest BCUT2D eigenvalue weighted by Gasteiger charge is 2.36. The van der Waals surface area contributed by atoms with Gasteiger partial charge in [-0.1, -0.05) is 30.1 Å². The number of aromatic nitrogens is 3. The van der Waals surface area contributed by atoms with E-state index in [9.17, 15) is 28.3 Å². The number of fused-ring (bicyclic) bond motifs is 1. The molecule has 0 spiro atoms. The molecule has 4 rings (SSSR count). The molecule has 0 unspecified atom stereocenters. The Hall–Kier alpha value is -3.84. The summed E-state index contributed by atoms with van der Waals surface area (Å²) in [6, 6.07) is 8.49. The minimum Gasteiger partial charge on any atom is -0.478 e. The lowest BCUT2D eigenvalue weighted by Gasteiger charge is -2.11. The third-order valence-electron chi connectivity index (χ3n) is 5.71. The van der Waals surface area contributed by atoms with Gasteiger partial charge in [-0.25, -0.2) is 4.79 Å². The summed E-state index contributed by atoms with van der Waals surface area (Å²) >= 11 is 6.27. The zero-order valence-corrected chi connectivity index (χ0v) is 19.3. The molecule has 0 fully saturated rings. The van der Waals surface area contributed by atoms with Gasteiger partial charge in [0.25, 0.3) is 5.89 Å². The number of nitrogens with zero attached hydrogens (tertiary/aromatic N) is 4. The van der Waals surface area contributed by atoms with E-state index in [1.54, 1.807) is 17.6 Å². The molecule has 2 aromatic carbocycles.